The maximum absolute atomic E-state index is 13.1. The number of hydrogen-bond acceptors (Lipinski definition) is 5. The number of anilines is 1. The number of rotatable bonds is 4. The van der Waals surface area contributed by atoms with Gasteiger partial charge in [0.25, 0.3) is 0 Å². The molecule has 1 saturated heterocycles. The van der Waals surface area contributed by atoms with Gasteiger partial charge in [0.05, 0.1) is 11.7 Å². The zero-order chi connectivity index (χ0) is 20.7. The van der Waals surface area contributed by atoms with Gasteiger partial charge >= 0.3 is 11.6 Å². The van der Waals surface area contributed by atoms with E-state index in [9.17, 15) is 9.59 Å². The van der Waals surface area contributed by atoms with Gasteiger partial charge in [-0.05, 0) is 18.9 Å². The van der Waals surface area contributed by atoms with Gasteiger partial charge in [0.2, 0.25) is 11.2 Å². The Hall–Kier alpha value is -3.72. The van der Waals surface area contributed by atoms with Crippen molar-refractivity contribution in [2.45, 2.75) is 25.5 Å². The highest BCUT2D eigenvalue weighted by atomic mass is 16.5. The van der Waals surface area contributed by atoms with Crippen molar-refractivity contribution in [3.8, 4) is 22.4 Å². The van der Waals surface area contributed by atoms with Gasteiger partial charge in [-0.25, -0.2) is 9.89 Å². The molecule has 30 heavy (non-hydrogen) atoms. The Morgan fingerprint density at radius 1 is 1.17 bits per heavy atom. The molecular weight excluding hydrogens is 384 g/mol. The quantitative estimate of drug-likeness (QED) is 0.439. The summed E-state index contributed by atoms with van der Waals surface area (Å²) in [6.45, 7) is 1.11. The molecule has 9 heteroatoms. The zero-order valence-corrected chi connectivity index (χ0v) is 16.2. The molecule has 1 fully saturated rings. The summed E-state index contributed by atoms with van der Waals surface area (Å²) in [5, 5.41) is 3.20. The van der Waals surface area contributed by atoms with E-state index in [4.69, 9.17) is 10.5 Å². The second-order valence-electron chi connectivity index (χ2n) is 7.33. The second-order valence-corrected chi connectivity index (χ2v) is 7.33. The summed E-state index contributed by atoms with van der Waals surface area (Å²) in [7, 11) is 0. The lowest BCUT2D eigenvalue weighted by Crippen LogP contribution is -2.45. The van der Waals surface area contributed by atoms with Crippen LogP contribution in [0.25, 0.3) is 28.0 Å². The first-order valence-corrected chi connectivity index (χ1v) is 9.82. The van der Waals surface area contributed by atoms with Crippen molar-refractivity contribution in [2.24, 2.45) is 0 Å². The smallest absolute Gasteiger partial charge is 0.375 e. The molecule has 1 aliphatic heterocycles. The van der Waals surface area contributed by atoms with E-state index in [0.717, 1.165) is 18.4 Å². The third kappa shape index (κ3) is 3.09. The van der Waals surface area contributed by atoms with E-state index in [1.807, 2.05) is 30.3 Å². The summed E-state index contributed by atoms with van der Waals surface area (Å²) >= 11 is 0. The van der Waals surface area contributed by atoms with Crippen LogP contribution in [0.1, 0.15) is 12.8 Å². The molecule has 4 N–H and O–H groups in total. The Labute approximate surface area is 170 Å². The Kier molecular flexibility index (Phi) is 4.44. The molecule has 0 aliphatic carbocycles. The molecular formula is C21H21N6O3+. The van der Waals surface area contributed by atoms with Crippen LogP contribution in [0.2, 0.25) is 0 Å². The number of fused-ring (bicyclic) bond motifs is 1. The van der Waals surface area contributed by atoms with Crippen molar-refractivity contribution in [2.75, 3.05) is 12.3 Å². The monoisotopic (exact) mass is 405 g/mol. The molecule has 5 rings (SSSR count). The molecule has 1 aromatic carbocycles. The van der Waals surface area contributed by atoms with Gasteiger partial charge in [0.1, 0.15) is 12.2 Å². The number of nitrogens with one attached hydrogen (secondary N) is 2. The number of nitrogens with two attached hydrogens (primary N) is 1. The van der Waals surface area contributed by atoms with E-state index in [1.54, 1.807) is 12.3 Å². The Balaban J connectivity index is 1.79. The van der Waals surface area contributed by atoms with Crippen LogP contribution in [-0.2, 0) is 11.3 Å². The maximum Gasteiger partial charge on any atom is 0.428 e. The van der Waals surface area contributed by atoms with Gasteiger partial charge in [0, 0.05) is 30.0 Å². The SMILES string of the molecule is Nc1nc(-c2ccccc2)c(-c2ccc(=O)[nH]c2)c2[nH]n(C[C@H]3CCCO3)c(=O)[n+]12. The van der Waals surface area contributed by atoms with E-state index in [1.165, 1.54) is 15.1 Å². The molecule has 4 aromatic rings. The van der Waals surface area contributed by atoms with Crippen LogP contribution in [0, 0.1) is 0 Å². The van der Waals surface area contributed by atoms with Crippen molar-refractivity contribution >= 4 is 11.6 Å². The summed E-state index contributed by atoms with van der Waals surface area (Å²) in [6, 6.07) is 12.7. The number of pyridine rings is 1. The minimum atomic E-state index is -0.309. The molecule has 1 aliphatic rings. The van der Waals surface area contributed by atoms with Crippen LogP contribution in [0.5, 0.6) is 0 Å². The summed E-state index contributed by atoms with van der Waals surface area (Å²) in [5.41, 5.74) is 9.06. The zero-order valence-electron chi connectivity index (χ0n) is 16.2. The highest BCUT2D eigenvalue weighted by Crippen LogP contribution is 2.31. The van der Waals surface area contributed by atoms with Gasteiger partial charge < -0.3 is 15.5 Å². The van der Waals surface area contributed by atoms with E-state index in [2.05, 4.69) is 15.1 Å². The van der Waals surface area contributed by atoms with Crippen LogP contribution in [0.3, 0.4) is 0 Å². The van der Waals surface area contributed by atoms with Gasteiger partial charge in [-0.1, -0.05) is 30.3 Å². The average Bonchev–Trinajstić information content (AvgIpc) is 3.38. The first-order valence-electron chi connectivity index (χ1n) is 9.82. The molecule has 3 aromatic heterocycles. The number of aromatic nitrogens is 5. The highest BCUT2D eigenvalue weighted by Gasteiger charge is 2.27. The molecule has 4 heterocycles. The van der Waals surface area contributed by atoms with Crippen LogP contribution < -0.4 is 21.4 Å². The first kappa shape index (κ1) is 18.3. The highest BCUT2D eigenvalue weighted by molar-refractivity contribution is 5.88. The fraction of sp³-hybridized carbons (Fsp3) is 0.238. The second kappa shape index (κ2) is 7.27. The van der Waals surface area contributed by atoms with Crippen LogP contribution in [0.4, 0.5) is 5.95 Å². The lowest BCUT2D eigenvalue weighted by molar-refractivity contribution is -0.516. The number of benzene rings is 1. The average molecular weight is 405 g/mol. The Morgan fingerprint density at radius 3 is 2.70 bits per heavy atom. The van der Waals surface area contributed by atoms with Gasteiger partial charge in [-0.3, -0.25) is 4.79 Å². The standard InChI is InChI=1S/C21H20N6O3/c22-20-24-18(13-5-2-1-3-6-13)17(14-8-9-16(28)23-11-14)19-25-26(21(29)27(19)20)12-15-7-4-10-30-15/h1-3,5-6,8-9,11,15H,4,7,10,12H2,(H3,22,23,24,25,28)/p+1/t15-/m1/s1. The molecule has 9 nitrogen and oxygen atoms in total. The predicted molar refractivity (Wildman–Crippen MR) is 111 cm³/mol. The first-order chi connectivity index (χ1) is 14.6. The summed E-state index contributed by atoms with van der Waals surface area (Å²) in [5.74, 6) is 0.0874. The summed E-state index contributed by atoms with van der Waals surface area (Å²) < 4.78 is 8.55. The fourth-order valence-corrected chi connectivity index (χ4v) is 3.91. The predicted octanol–water partition coefficient (Wildman–Crippen LogP) is 1.09. The molecule has 0 spiro atoms. The largest absolute Gasteiger partial charge is 0.428 e. The van der Waals surface area contributed by atoms with Crippen molar-refractivity contribution < 1.29 is 9.14 Å². The van der Waals surface area contributed by atoms with Crippen molar-refractivity contribution in [1.82, 2.24) is 19.7 Å². The molecule has 0 saturated carbocycles. The number of nitrogens with zero attached hydrogens (tertiary/aromatic N) is 3. The van der Waals surface area contributed by atoms with E-state index < -0.39 is 0 Å². The summed E-state index contributed by atoms with van der Waals surface area (Å²) in [6.07, 6.45) is 3.48. The number of aromatic amines is 2. The van der Waals surface area contributed by atoms with Crippen LogP contribution in [-0.4, -0.2) is 32.5 Å². The minimum Gasteiger partial charge on any atom is -0.375 e. The van der Waals surface area contributed by atoms with Gasteiger partial charge in [0.15, 0.2) is 0 Å². The normalized spacial score (nSPS) is 16.3. The third-order valence-corrected chi connectivity index (χ3v) is 5.35. The fourth-order valence-electron chi connectivity index (χ4n) is 3.91. The van der Waals surface area contributed by atoms with Crippen molar-refractivity contribution in [3.63, 3.8) is 0 Å². The molecule has 1 atom stereocenters. The third-order valence-electron chi connectivity index (χ3n) is 5.35. The molecule has 0 amide bonds. The molecule has 0 radical (unpaired) electrons. The van der Waals surface area contributed by atoms with Gasteiger partial charge in [-0.15, -0.1) is 9.38 Å². The lowest BCUT2D eigenvalue weighted by atomic mass is 10.0. The molecule has 0 unspecified atom stereocenters. The molecule has 152 valence electrons. The van der Waals surface area contributed by atoms with Gasteiger partial charge in [-0.2, -0.15) is 4.68 Å². The Morgan fingerprint density at radius 2 is 2.00 bits per heavy atom. The number of hydrogen-bond donors (Lipinski definition) is 3. The van der Waals surface area contributed by atoms with Crippen molar-refractivity contribution in [1.29, 1.82) is 0 Å². The van der Waals surface area contributed by atoms with E-state index in [0.29, 0.717) is 35.6 Å². The van der Waals surface area contributed by atoms with Crippen LogP contribution >= 0.6 is 0 Å². The molecule has 0 bridgehead atoms. The summed E-state index contributed by atoms with van der Waals surface area (Å²) in [4.78, 5) is 31.9. The van der Waals surface area contributed by atoms with E-state index in [-0.39, 0.29) is 23.3 Å². The Bertz CT molecular complexity index is 1310. The number of H-pyrrole nitrogens is 2. The van der Waals surface area contributed by atoms with Crippen LogP contribution in [0.15, 0.2) is 58.3 Å². The minimum absolute atomic E-state index is 0.0179. The van der Waals surface area contributed by atoms with Crippen molar-refractivity contribution in [3.05, 3.63) is 69.5 Å². The number of ether oxygens (including phenoxy) is 1. The number of nitrogen functional groups attached to an aromatic ring is 1. The maximum atomic E-state index is 13.1. The van der Waals surface area contributed by atoms with E-state index >= 15 is 0 Å². The lowest BCUT2D eigenvalue weighted by Gasteiger charge is -2.08. The topological polar surface area (TPSA) is 123 Å².